The maximum Gasteiger partial charge on any atom is 0.261 e. The maximum absolute atomic E-state index is 9.97. The van der Waals surface area contributed by atoms with Crippen molar-refractivity contribution in [3.63, 3.8) is 0 Å². The fourth-order valence-electron chi connectivity index (χ4n) is 2.29. The first kappa shape index (κ1) is 12.9. The number of aromatic hydroxyl groups is 1. The van der Waals surface area contributed by atoms with Crippen molar-refractivity contribution < 1.29 is 19.1 Å². The Balaban J connectivity index is 1.85. The Morgan fingerprint density at radius 1 is 1.30 bits per heavy atom. The van der Waals surface area contributed by atoms with E-state index in [1.807, 2.05) is 0 Å². The van der Waals surface area contributed by atoms with Crippen molar-refractivity contribution in [2.24, 2.45) is 0 Å². The predicted octanol–water partition coefficient (Wildman–Crippen LogP) is 2.34. The molecule has 6 heteroatoms. The number of rotatable bonds is 3. The van der Waals surface area contributed by atoms with E-state index in [0.717, 1.165) is 26.1 Å². The molecule has 0 saturated carbocycles. The summed E-state index contributed by atoms with van der Waals surface area (Å²) in [6.07, 6.45) is 1.79. The molecule has 0 amide bonds. The van der Waals surface area contributed by atoms with Crippen LogP contribution in [0.1, 0.15) is 24.6 Å². The minimum absolute atomic E-state index is 0.0616. The van der Waals surface area contributed by atoms with Crippen LogP contribution in [-0.2, 0) is 4.74 Å². The highest BCUT2D eigenvalue weighted by Crippen LogP contribution is 2.33. The Bertz CT molecular complexity index is 591. The first-order chi connectivity index (χ1) is 9.78. The average Bonchev–Trinajstić information content (AvgIpc) is 2.97. The van der Waals surface area contributed by atoms with Crippen molar-refractivity contribution in [3.8, 4) is 23.0 Å². The highest BCUT2D eigenvalue weighted by atomic mass is 16.5. The molecule has 20 heavy (non-hydrogen) atoms. The Kier molecular flexibility index (Phi) is 3.56. The van der Waals surface area contributed by atoms with Gasteiger partial charge in [-0.25, -0.2) is 0 Å². The minimum Gasteiger partial charge on any atom is -0.507 e. The highest BCUT2D eigenvalue weighted by molar-refractivity contribution is 5.63. The SMILES string of the molecule is COc1ccc(-c2nc(C3CCOCC3)no2)c(O)c1. The van der Waals surface area contributed by atoms with Crippen LogP contribution in [-0.4, -0.2) is 35.6 Å². The van der Waals surface area contributed by atoms with Gasteiger partial charge in [-0.3, -0.25) is 0 Å². The third-order valence-electron chi connectivity index (χ3n) is 3.46. The fourth-order valence-corrected chi connectivity index (χ4v) is 2.29. The van der Waals surface area contributed by atoms with Crippen LogP contribution in [0.4, 0.5) is 0 Å². The Morgan fingerprint density at radius 2 is 2.10 bits per heavy atom. The monoisotopic (exact) mass is 276 g/mol. The number of nitrogens with zero attached hydrogens (tertiary/aromatic N) is 2. The lowest BCUT2D eigenvalue weighted by Gasteiger charge is -2.18. The van der Waals surface area contributed by atoms with Crippen molar-refractivity contribution in [3.05, 3.63) is 24.0 Å². The smallest absolute Gasteiger partial charge is 0.261 e. The second-order valence-electron chi connectivity index (χ2n) is 4.73. The summed E-state index contributed by atoms with van der Waals surface area (Å²) in [4.78, 5) is 4.39. The fraction of sp³-hybridized carbons (Fsp3) is 0.429. The van der Waals surface area contributed by atoms with Gasteiger partial charge in [0.2, 0.25) is 0 Å². The molecule has 1 aliphatic heterocycles. The average molecular weight is 276 g/mol. The second-order valence-corrected chi connectivity index (χ2v) is 4.73. The highest BCUT2D eigenvalue weighted by Gasteiger charge is 2.22. The van der Waals surface area contributed by atoms with Gasteiger partial charge in [0.25, 0.3) is 5.89 Å². The van der Waals surface area contributed by atoms with E-state index in [4.69, 9.17) is 14.0 Å². The number of phenolic OH excluding ortho intramolecular Hbond substituents is 1. The molecule has 6 nitrogen and oxygen atoms in total. The van der Waals surface area contributed by atoms with Gasteiger partial charge in [-0.15, -0.1) is 0 Å². The van der Waals surface area contributed by atoms with E-state index in [1.54, 1.807) is 19.2 Å². The van der Waals surface area contributed by atoms with Crippen molar-refractivity contribution in [1.29, 1.82) is 0 Å². The largest absolute Gasteiger partial charge is 0.507 e. The van der Waals surface area contributed by atoms with Gasteiger partial charge < -0.3 is 19.1 Å². The van der Waals surface area contributed by atoms with Crippen molar-refractivity contribution in [2.75, 3.05) is 20.3 Å². The molecule has 0 radical (unpaired) electrons. The quantitative estimate of drug-likeness (QED) is 0.927. The molecule has 3 rings (SSSR count). The maximum atomic E-state index is 9.97. The zero-order valence-electron chi connectivity index (χ0n) is 11.2. The minimum atomic E-state index is 0.0616. The van der Waals surface area contributed by atoms with Gasteiger partial charge in [0, 0.05) is 25.2 Å². The van der Waals surface area contributed by atoms with Crippen LogP contribution in [0.2, 0.25) is 0 Å². The third-order valence-corrected chi connectivity index (χ3v) is 3.46. The van der Waals surface area contributed by atoms with E-state index < -0.39 is 0 Å². The van der Waals surface area contributed by atoms with E-state index in [2.05, 4.69) is 10.1 Å². The van der Waals surface area contributed by atoms with Gasteiger partial charge in [-0.05, 0) is 25.0 Å². The summed E-state index contributed by atoms with van der Waals surface area (Å²) >= 11 is 0. The van der Waals surface area contributed by atoms with Crippen LogP contribution in [0.3, 0.4) is 0 Å². The molecule has 1 saturated heterocycles. The van der Waals surface area contributed by atoms with Crippen LogP contribution >= 0.6 is 0 Å². The summed E-state index contributed by atoms with van der Waals surface area (Å²) < 4.78 is 15.6. The second kappa shape index (κ2) is 5.50. The van der Waals surface area contributed by atoms with Gasteiger partial charge in [0.05, 0.1) is 12.7 Å². The molecule has 0 bridgehead atoms. The molecular formula is C14H16N2O4. The number of ether oxygens (including phenoxy) is 2. The van der Waals surface area contributed by atoms with Gasteiger partial charge in [-0.2, -0.15) is 4.98 Å². The van der Waals surface area contributed by atoms with Gasteiger partial charge in [-0.1, -0.05) is 5.16 Å². The Labute approximate surface area is 116 Å². The van der Waals surface area contributed by atoms with E-state index in [9.17, 15) is 5.11 Å². The molecule has 0 aliphatic carbocycles. The molecule has 1 fully saturated rings. The van der Waals surface area contributed by atoms with E-state index in [-0.39, 0.29) is 11.7 Å². The lowest BCUT2D eigenvalue weighted by molar-refractivity contribution is 0.0830. The standard InChI is InChI=1S/C14H16N2O4/c1-18-10-2-3-11(12(17)8-10)14-15-13(16-20-14)9-4-6-19-7-5-9/h2-3,8-9,17H,4-7H2,1H3. The van der Waals surface area contributed by atoms with Crippen molar-refractivity contribution >= 4 is 0 Å². The number of aromatic nitrogens is 2. The topological polar surface area (TPSA) is 77.6 Å². The summed E-state index contributed by atoms with van der Waals surface area (Å²) in [7, 11) is 1.55. The van der Waals surface area contributed by atoms with Gasteiger partial charge in [0.15, 0.2) is 5.82 Å². The van der Waals surface area contributed by atoms with Crippen molar-refractivity contribution in [1.82, 2.24) is 10.1 Å². The third kappa shape index (κ3) is 2.46. The molecule has 2 heterocycles. The van der Waals surface area contributed by atoms with E-state index in [1.165, 1.54) is 6.07 Å². The molecule has 2 aromatic rings. The zero-order chi connectivity index (χ0) is 13.9. The number of phenols is 1. The number of benzene rings is 1. The summed E-state index contributed by atoms with van der Waals surface area (Å²) in [5, 5.41) is 14.0. The predicted molar refractivity (Wildman–Crippen MR) is 70.7 cm³/mol. The normalized spacial score (nSPS) is 16.2. The summed E-state index contributed by atoms with van der Waals surface area (Å²) in [5.41, 5.74) is 0.511. The molecule has 1 N–H and O–H groups in total. The molecule has 106 valence electrons. The first-order valence-corrected chi connectivity index (χ1v) is 6.56. The summed E-state index contributed by atoms with van der Waals surface area (Å²) in [5.74, 6) is 1.91. The molecule has 1 aromatic carbocycles. The molecular weight excluding hydrogens is 260 g/mol. The lowest BCUT2D eigenvalue weighted by Crippen LogP contribution is -2.15. The van der Waals surface area contributed by atoms with Crippen LogP contribution in [0, 0.1) is 0 Å². The van der Waals surface area contributed by atoms with Gasteiger partial charge in [0.1, 0.15) is 11.5 Å². The molecule has 1 aliphatic rings. The van der Waals surface area contributed by atoms with Crippen LogP contribution in [0.25, 0.3) is 11.5 Å². The van der Waals surface area contributed by atoms with Crippen molar-refractivity contribution in [2.45, 2.75) is 18.8 Å². The van der Waals surface area contributed by atoms with Crippen LogP contribution in [0.5, 0.6) is 11.5 Å². The molecule has 1 aromatic heterocycles. The number of methoxy groups -OCH3 is 1. The molecule has 0 unspecified atom stereocenters. The first-order valence-electron chi connectivity index (χ1n) is 6.56. The Hall–Kier alpha value is -2.08. The number of hydrogen-bond donors (Lipinski definition) is 1. The van der Waals surface area contributed by atoms with Crippen LogP contribution in [0.15, 0.2) is 22.7 Å². The van der Waals surface area contributed by atoms with Crippen LogP contribution < -0.4 is 4.74 Å². The summed E-state index contributed by atoms with van der Waals surface area (Å²) in [6.45, 7) is 1.45. The molecule has 0 spiro atoms. The number of hydrogen-bond acceptors (Lipinski definition) is 6. The summed E-state index contributed by atoms with van der Waals surface area (Å²) in [6, 6.07) is 4.97. The Morgan fingerprint density at radius 3 is 2.80 bits per heavy atom. The lowest BCUT2D eigenvalue weighted by atomic mass is 10.00. The van der Waals surface area contributed by atoms with E-state index >= 15 is 0 Å². The van der Waals surface area contributed by atoms with E-state index in [0.29, 0.717) is 23.0 Å². The zero-order valence-corrected chi connectivity index (χ0v) is 11.2. The molecule has 0 atom stereocenters. The van der Waals surface area contributed by atoms with Gasteiger partial charge >= 0.3 is 0 Å².